The smallest absolute Gasteiger partial charge is 0.256 e. The Bertz CT molecular complexity index is 372. The zero-order chi connectivity index (χ0) is 12.3. The van der Waals surface area contributed by atoms with Crippen LogP contribution in [0.4, 0.5) is 8.78 Å². The standard InChI is InChI=1S/C10H13ClF2N2O/c1-10(14,9(12)13)5-6-7(11)3-4-15-8(6)16-2/h3-4,9H,5,14H2,1-2H3. The summed E-state index contributed by atoms with van der Waals surface area (Å²) < 4.78 is 30.2. The lowest BCUT2D eigenvalue weighted by molar-refractivity contribution is 0.0635. The second-order valence-corrected chi connectivity index (χ2v) is 4.17. The highest BCUT2D eigenvalue weighted by Crippen LogP contribution is 2.29. The van der Waals surface area contributed by atoms with Gasteiger partial charge in [-0.3, -0.25) is 0 Å². The average molecular weight is 251 g/mol. The predicted octanol–water partition coefficient (Wildman–Crippen LogP) is 2.27. The van der Waals surface area contributed by atoms with E-state index in [0.717, 1.165) is 0 Å². The van der Waals surface area contributed by atoms with Crippen molar-refractivity contribution in [1.29, 1.82) is 0 Å². The van der Waals surface area contributed by atoms with Gasteiger partial charge < -0.3 is 10.5 Å². The van der Waals surface area contributed by atoms with Crippen molar-refractivity contribution < 1.29 is 13.5 Å². The fourth-order valence-corrected chi connectivity index (χ4v) is 1.45. The molecule has 1 rings (SSSR count). The molecule has 0 radical (unpaired) electrons. The first-order valence-electron chi connectivity index (χ1n) is 4.63. The highest BCUT2D eigenvalue weighted by atomic mass is 35.5. The van der Waals surface area contributed by atoms with Crippen molar-refractivity contribution in [3.05, 3.63) is 22.8 Å². The van der Waals surface area contributed by atoms with Gasteiger partial charge in [0, 0.05) is 18.2 Å². The second-order valence-electron chi connectivity index (χ2n) is 3.76. The number of nitrogens with zero attached hydrogens (tertiary/aromatic N) is 1. The topological polar surface area (TPSA) is 48.1 Å². The van der Waals surface area contributed by atoms with Crippen LogP contribution in [-0.4, -0.2) is 24.1 Å². The van der Waals surface area contributed by atoms with E-state index in [9.17, 15) is 8.78 Å². The molecule has 1 unspecified atom stereocenters. The van der Waals surface area contributed by atoms with Gasteiger partial charge in [0.05, 0.1) is 17.7 Å². The number of hydrogen-bond donors (Lipinski definition) is 1. The normalized spacial score (nSPS) is 14.9. The van der Waals surface area contributed by atoms with Crippen molar-refractivity contribution in [3.8, 4) is 5.88 Å². The van der Waals surface area contributed by atoms with Crippen molar-refractivity contribution in [2.24, 2.45) is 5.73 Å². The Morgan fingerprint density at radius 2 is 2.25 bits per heavy atom. The SMILES string of the molecule is COc1nccc(Cl)c1CC(C)(N)C(F)F. The molecule has 0 spiro atoms. The Morgan fingerprint density at radius 3 is 2.75 bits per heavy atom. The number of pyridine rings is 1. The first-order chi connectivity index (χ1) is 7.38. The molecule has 16 heavy (non-hydrogen) atoms. The number of aromatic nitrogens is 1. The molecule has 2 N–H and O–H groups in total. The fraction of sp³-hybridized carbons (Fsp3) is 0.500. The molecule has 0 amide bonds. The lowest BCUT2D eigenvalue weighted by Gasteiger charge is -2.24. The molecule has 3 nitrogen and oxygen atoms in total. The van der Waals surface area contributed by atoms with Crippen molar-refractivity contribution in [2.75, 3.05) is 7.11 Å². The maximum Gasteiger partial charge on any atom is 0.256 e. The Balaban J connectivity index is 3.05. The summed E-state index contributed by atoms with van der Waals surface area (Å²) in [6, 6.07) is 1.51. The molecular formula is C10H13ClF2N2O. The molecule has 0 saturated heterocycles. The van der Waals surface area contributed by atoms with Crippen LogP contribution in [0.5, 0.6) is 5.88 Å². The molecule has 0 aromatic carbocycles. The number of hydrogen-bond acceptors (Lipinski definition) is 3. The van der Waals surface area contributed by atoms with E-state index in [2.05, 4.69) is 4.98 Å². The van der Waals surface area contributed by atoms with Gasteiger partial charge in [-0.2, -0.15) is 0 Å². The molecule has 0 bridgehead atoms. The Labute approximate surface area is 97.6 Å². The lowest BCUT2D eigenvalue weighted by atomic mass is 9.95. The molecule has 0 aliphatic carbocycles. The van der Waals surface area contributed by atoms with Crippen LogP contribution >= 0.6 is 11.6 Å². The molecule has 1 heterocycles. The van der Waals surface area contributed by atoms with Gasteiger partial charge in [-0.05, 0) is 13.0 Å². The van der Waals surface area contributed by atoms with Gasteiger partial charge in [-0.15, -0.1) is 0 Å². The van der Waals surface area contributed by atoms with Crippen molar-refractivity contribution in [1.82, 2.24) is 4.98 Å². The summed E-state index contributed by atoms with van der Waals surface area (Å²) in [5.74, 6) is 0.227. The van der Waals surface area contributed by atoms with E-state index < -0.39 is 12.0 Å². The minimum atomic E-state index is -2.64. The third-order valence-electron chi connectivity index (χ3n) is 2.21. The van der Waals surface area contributed by atoms with Crippen LogP contribution in [0.1, 0.15) is 12.5 Å². The highest BCUT2D eigenvalue weighted by Gasteiger charge is 2.32. The molecule has 6 heteroatoms. The molecule has 1 aromatic heterocycles. The van der Waals surface area contributed by atoms with E-state index in [4.69, 9.17) is 22.1 Å². The largest absolute Gasteiger partial charge is 0.481 e. The van der Waals surface area contributed by atoms with Gasteiger partial charge >= 0.3 is 0 Å². The van der Waals surface area contributed by atoms with Crippen molar-refractivity contribution in [3.63, 3.8) is 0 Å². The van der Waals surface area contributed by atoms with E-state index in [1.165, 1.54) is 26.3 Å². The van der Waals surface area contributed by atoms with Crippen molar-refractivity contribution >= 4 is 11.6 Å². The van der Waals surface area contributed by atoms with Crippen LogP contribution in [0.3, 0.4) is 0 Å². The lowest BCUT2D eigenvalue weighted by Crippen LogP contribution is -2.46. The van der Waals surface area contributed by atoms with E-state index in [0.29, 0.717) is 10.6 Å². The minimum Gasteiger partial charge on any atom is -0.481 e. The number of halogens is 3. The molecule has 0 aliphatic heterocycles. The molecule has 1 atom stereocenters. The van der Waals surface area contributed by atoms with Crippen LogP contribution in [0, 0.1) is 0 Å². The number of ether oxygens (including phenoxy) is 1. The molecule has 0 aliphatic rings. The van der Waals surface area contributed by atoms with Crippen LogP contribution in [-0.2, 0) is 6.42 Å². The third-order valence-corrected chi connectivity index (χ3v) is 2.56. The summed E-state index contributed by atoms with van der Waals surface area (Å²) in [4.78, 5) is 3.89. The monoisotopic (exact) mass is 250 g/mol. The fourth-order valence-electron chi connectivity index (χ4n) is 1.25. The summed E-state index contributed by atoms with van der Waals surface area (Å²) in [6.07, 6.45) is -1.30. The number of methoxy groups -OCH3 is 1. The molecule has 0 saturated carbocycles. The van der Waals surface area contributed by atoms with Crippen LogP contribution in [0.15, 0.2) is 12.3 Å². The maximum absolute atomic E-state index is 12.6. The minimum absolute atomic E-state index is 0.0967. The summed E-state index contributed by atoms with van der Waals surface area (Å²) >= 11 is 5.90. The zero-order valence-electron chi connectivity index (χ0n) is 9.01. The number of nitrogens with two attached hydrogens (primary N) is 1. The summed E-state index contributed by atoms with van der Waals surface area (Å²) in [7, 11) is 1.40. The van der Waals surface area contributed by atoms with Gasteiger partial charge in [-0.1, -0.05) is 11.6 Å². The predicted molar refractivity (Wildman–Crippen MR) is 58.1 cm³/mol. The van der Waals surface area contributed by atoms with Gasteiger partial charge in [0.1, 0.15) is 0 Å². The summed E-state index contributed by atoms with van der Waals surface area (Å²) in [6.45, 7) is 1.26. The molecular weight excluding hydrogens is 238 g/mol. The van der Waals surface area contributed by atoms with Crippen LogP contribution in [0.25, 0.3) is 0 Å². The molecule has 0 fully saturated rings. The second kappa shape index (κ2) is 4.93. The third kappa shape index (κ3) is 2.80. The number of alkyl halides is 2. The summed E-state index contributed by atoms with van der Waals surface area (Å²) in [5.41, 5.74) is 4.24. The van der Waals surface area contributed by atoms with E-state index in [-0.39, 0.29) is 12.3 Å². The average Bonchev–Trinajstić information content (AvgIpc) is 2.20. The summed E-state index contributed by atoms with van der Waals surface area (Å²) in [5, 5.41) is 0.323. The molecule has 90 valence electrons. The Hall–Kier alpha value is -0.940. The molecule has 1 aromatic rings. The first kappa shape index (κ1) is 13.1. The van der Waals surface area contributed by atoms with Gasteiger partial charge in [0.25, 0.3) is 6.43 Å². The Morgan fingerprint density at radius 1 is 1.62 bits per heavy atom. The number of rotatable bonds is 4. The first-order valence-corrected chi connectivity index (χ1v) is 5.00. The van der Waals surface area contributed by atoms with Gasteiger partial charge in [-0.25, -0.2) is 13.8 Å². The van der Waals surface area contributed by atoms with Crippen LogP contribution < -0.4 is 10.5 Å². The van der Waals surface area contributed by atoms with Crippen molar-refractivity contribution in [2.45, 2.75) is 25.3 Å². The van der Waals surface area contributed by atoms with E-state index in [1.807, 2.05) is 0 Å². The quantitative estimate of drug-likeness (QED) is 0.892. The Kier molecular flexibility index (Phi) is 4.04. The van der Waals surface area contributed by atoms with E-state index in [1.54, 1.807) is 0 Å². The van der Waals surface area contributed by atoms with Crippen LogP contribution in [0.2, 0.25) is 5.02 Å². The maximum atomic E-state index is 12.6. The zero-order valence-corrected chi connectivity index (χ0v) is 9.76. The highest BCUT2D eigenvalue weighted by molar-refractivity contribution is 6.31. The van der Waals surface area contributed by atoms with E-state index >= 15 is 0 Å². The van der Waals surface area contributed by atoms with Gasteiger partial charge in [0.15, 0.2) is 0 Å². The van der Waals surface area contributed by atoms with Gasteiger partial charge in [0.2, 0.25) is 5.88 Å².